The predicted octanol–water partition coefficient (Wildman–Crippen LogP) is 1.50. The average Bonchev–Trinajstić information content (AvgIpc) is 2.87. The SMILES string of the molecule is O=C(c1cccc(F)c1)N1CCCN(C(=O)C2CCNCC2)CC1. The van der Waals surface area contributed by atoms with E-state index in [0.717, 1.165) is 32.4 Å². The van der Waals surface area contributed by atoms with Crippen LogP contribution in [-0.4, -0.2) is 60.9 Å². The van der Waals surface area contributed by atoms with Gasteiger partial charge in [0, 0.05) is 37.7 Å². The largest absolute Gasteiger partial charge is 0.341 e. The maximum atomic E-state index is 13.3. The normalized spacial score (nSPS) is 19.9. The van der Waals surface area contributed by atoms with E-state index < -0.39 is 5.82 Å². The number of hydrogen-bond donors (Lipinski definition) is 1. The zero-order valence-corrected chi connectivity index (χ0v) is 13.8. The van der Waals surface area contributed by atoms with Crippen LogP contribution >= 0.6 is 0 Å². The van der Waals surface area contributed by atoms with Gasteiger partial charge in [-0.05, 0) is 50.6 Å². The van der Waals surface area contributed by atoms with Crippen molar-refractivity contribution in [3.63, 3.8) is 0 Å². The van der Waals surface area contributed by atoms with Crippen LogP contribution in [0.3, 0.4) is 0 Å². The van der Waals surface area contributed by atoms with E-state index in [-0.39, 0.29) is 17.7 Å². The van der Waals surface area contributed by atoms with E-state index in [1.165, 1.54) is 12.1 Å². The monoisotopic (exact) mass is 333 g/mol. The molecule has 130 valence electrons. The number of halogens is 1. The fourth-order valence-electron chi connectivity index (χ4n) is 3.47. The molecule has 5 nitrogen and oxygen atoms in total. The van der Waals surface area contributed by atoms with Crippen molar-refractivity contribution in [3.8, 4) is 0 Å². The molecule has 2 amide bonds. The van der Waals surface area contributed by atoms with E-state index in [1.54, 1.807) is 17.0 Å². The van der Waals surface area contributed by atoms with E-state index in [4.69, 9.17) is 0 Å². The molecule has 24 heavy (non-hydrogen) atoms. The van der Waals surface area contributed by atoms with Gasteiger partial charge in [-0.25, -0.2) is 4.39 Å². The first kappa shape index (κ1) is 16.9. The molecule has 2 saturated heterocycles. The summed E-state index contributed by atoms with van der Waals surface area (Å²) in [6.07, 6.45) is 2.54. The second kappa shape index (κ2) is 7.75. The van der Waals surface area contributed by atoms with Gasteiger partial charge in [0.05, 0.1) is 0 Å². The first-order valence-electron chi connectivity index (χ1n) is 8.69. The molecular weight excluding hydrogens is 309 g/mol. The Labute approximate surface area is 141 Å². The molecule has 0 saturated carbocycles. The number of amides is 2. The molecule has 2 aliphatic rings. The van der Waals surface area contributed by atoms with Gasteiger partial charge < -0.3 is 15.1 Å². The van der Waals surface area contributed by atoms with Crippen LogP contribution in [0.1, 0.15) is 29.6 Å². The lowest BCUT2D eigenvalue weighted by Gasteiger charge is -2.28. The van der Waals surface area contributed by atoms with Gasteiger partial charge in [0.2, 0.25) is 5.91 Å². The minimum absolute atomic E-state index is 0.108. The van der Waals surface area contributed by atoms with Crippen molar-refractivity contribution in [2.45, 2.75) is 19.3 Å². The molecule has 2 fully saturated rings. The van der Waals surface area contributed by atoms with E-state index >= 15 is 0 Å². The number of benzene rings is 1. The first-order valence-corrected chi connectivity index (χ1v) is 8.69. The Bertz CT molecular complexity index is 602. The summed E-state index contributed by atoms with van der Waals surface area (Å²) in [6.45, 7) is 4.15. The number of nitrogens with one attached hydrogen (secondary N) is 1. The lowest BCUT2D eigenvalue weighted by molar-refractivity contribution is -0.136. The number of hydrogen-bond acceptors (Lipinski definition) is 3. The van der Waals surface area contributed by atoms with Crippen LogP contribution in [0.2, 0.25) is 0 Å². The highest BCUT2D eigenvalue weighted by molar-refractivity contribution is 5.94. The number of carbonyl (C=O) groups is 2. The summed E-state index contributed by atoms with van der Waals surface area (Å²) in [5.74, 6) is -0.239. The number of piperidine rings is 1. The molecule has 1 aromatic rings. The summed E-state index contributed by atoms with van der Waals surface area (Å²) in [5.41, 5.74) is 0.369. The Morgan fingerprint density at radius 1 is 1.04 bits per heavy atom. The molecule has 3 rings (SSSR count). The van der Waals surface area contributed by atoms with Gasteiger partial charge >= 0.3 is 0 Å². The molecule has 0 radical (unpaired) electrons. The van der Waals surface area contributed by atoms with E-state index in [0.29, 0.717) is 31.7 Å². The van der Waals surface area contributed by atoms with Gasteiger partial charge in [-0.15, -0.1) is 0 Å². The summed E-state index contributed by atoms with van der Waals surface area (Å²) in [7, 11) is 0. The highest BCUT2D eigenvalue weighted by atomic mass is 19.1. The summed E-state index contributed by atoms with van der Waals surface area (Å²) < 4.78 is 13.3. The maximum Gasteiger partial charge on any atom is 0.254 e. The number of nitrogens with zero attached hydrogens (tertiary/aromatic N) is 2. The van der Waals surface area contributed by atoms with E-state index in [2.05, 4.69) is 5.32 Å². The molecule has 0 unspecified atom stereocenters. The Morgan fingerprint density at radius 2 is 1.75 bits per heavy atom. The molecule has 0 spiro atoms. The topological polar surface area (TPSA) is 52.7 Å². The lowest BCUT2D eigenvalue weighted by Crippen LogP contribution is -2.43. The minimum atomic E-state index is -0.404. The third-order valence-corrected chi connectivity index (χ3v) is 4.85. The zero-order valence-electron chi connectivity index (χ0n) is 13.8. The van der Waals surface area contributed by atoms with Crippen molar-refractivity contribution in [2.24, 2.45) is 5.92 Å². The van der Waals surface area contributed by atoms with E-state index in [9.17, 15) is 14.0 Å². The molecule has 0 aliphatic carbocycles. The van der Waals surface area contributed by atoms with Crippen LogP contribution in [0, 0.1) is 11.7 Å². The standard InChI is InChI=1S/C18H24FN3O2/c19-16-4-1-3-15(13-16)18(24)22-10-2-9-21(11-12-22)17(23)14-5-7-20-8-6-14/h1,3-4,13-14,20H,2,5-12H2. The Kier molecular flexibility index (Phi) is 5.45. The van der Waals surface area contributed by atoms with Crippen LogP contribution in [-0.2, 0) is 4.79 Å². The smallest absolute Gasteiger partial charge is 0.254 e. The Morgan fingerprint density at radius 3 is 2.50 bits per heavy atom. The lowest BCUT2D eigenvalue weighted by atomic mass is 9.96. The number of rotatable bonds is 2. The first-order chi connectivity index (χ1) is 11.6. The minimum Gasteiger partial charge on any atom is -0.341 e. The molecule has 6 heteroatoms. The van der Waals surface area contributed by atoms with Crippen LogP contribution < -0.4 is 5.32 Å². The second-order valence-corrected chi connectivity index (χ2v) is 6.51. The van der Waals surface area contributed by atoms with E-state index in [1.807, 2.05) is 4.90 Å². The van der Waals surface area contributed by atoms with Crippen molar-refractivity contribution in [1.82, 2.24) is 15.1 Å². The average molecular weight is 333 g/mol. The molecule has 0 bridgehead atoms. The van der Waals surface area contributed by atoms with Gasteiger partial charge in [0.25, 0.3) is 5.91 Å². The van der Waals surface area contributed by atoms with Crippen molar-refractivity contribution >= 4 is 11.8 Å². The van der Waals surface area contributed by atoms with Crippen LogP contribution in [0.4, 0.5) is 4.39 Å². The quantitative estimate of drug-likeness (QED) is 0.892. The van der Waals surface area contributed by atoms with Crippen LogP contribution in [0.15, 0.2) is 24.3 Å². The van der Waals surface area contributed by atoms with Gasteiger partial charge in [-0.1, -0.05) is 6.07 Å². The van der Waals surface area contributed by atoms with Crippen molar-refractivity contribution in [3.05, 3.63) is 35.6 Å². The summed E-state index contributed by atoms with van der Waals surface area (Å²) >= 11 is 0. The Hall–Kier alpha value is -1.95. The van der Waals surface area contributed by atoms with Gasteiger partial charge in [0.15, 0.2) is 0 Å². The molecule has 1 aromatic carbocycles. The highest BCUT2D eigenvalue weighted by Gasteiger charge is 2.28. The molecule has 0 aromatic heterocycles. The van der Waals surface area contributed by atoms with Gasteiger partial charge in [-0.3, -0.25) is 9.59 Å². The fraction of sp³-hybridized carbons (Fsp3) is 0.556. The third kappa shape index (κ3) is 3.93. The summed E-state index contributed by atoms with van der Waals surface area (Å²) in [6, 6.07) is 5.78. The van der Waals surface area contributed by atoms with Gasteiger partial charge in [-0.2, -0.15) is 0 Å². The molecule has 2 aliphatic heterocycles. The predicted molar refractivity (Wildman–Crippen MR) is 89.1 cm³/mol. The maximum absolute atomic E-state index is 13.3. The molecule has 0 atom stereocenters. The molecule has 2 heterocycles. The Balaban J connectivity index is 1.60. The second-order valence-electron chi connectivity index (χ2n) is 6.51. The third-order valence-electron chi connectivity index (χ3n) is 4.85. The zero-order chi connectivity index (χ0) is 16.9. The van der Waals surface area contributed by atoms with Gasteiger partial charge in [0.1, 0.15) is 5.82 Å². The summed E-state index contributed by atoms with van der Waals surface area (Å²) in [4.78, 5) is 28.8. The summed E-state index contributed by atoms with van der Waals surface area (Å²) in [5, 5.41) is 3.28. The number of carbonyl (C=O) groups excluding carboxylic acids is 2. The fourth-order valence-corrected chi connectivity index (χ4v) is 3.47. The van der Waals surface area contributed by atoms with Crippen LogP contribution in [0.25, 0.3) is 0 Å². The molecule has 1 N–H and O–H groups in total. The highest BCUT2D eigenvalue weighted by Crippen LogP contribution is 2.17. The van der Waals surface area contributed by atoms with Crippen molar-refractivity contribution < 1.29 is 14.0 Å². The van der Waals surface area contributed by atoms with Crippen molar-refractivity contribution in [1.29, 1.82) is 0 Å². The van der Waals surface area contributed by atoms with Crippen LogP contribution in [0.5, 0.6) is 0 Å². The molecular formula is C18H24FN3O2. The van der Waals surface area contributed by atoms with Crippen molar-refractivity contribution in [2.75, 3.05) is 39.3 Å².